The molecular formula is C21H42IN3O2. The van der Waals surface area contributed by atoms with Crippen LogP contribution in [-0.4, -0.2) is 51.0 Å². The van der Waals surface area contributed by atoms with Crippen LogP contribution in [0.25, 0.3) is 0 Å². The van der Waals surface area contributed by atoms with E-state index >= 15 is 0 Å². The van der Waals surface area contributed by atoms with Gasteiger partial charge in [-0.15, -0.1) is 24.0 Å². The van der Waals surface area contributed by atoms with Gasteiger partial charge in [0.05, 0.1) is 6.10 Å². The Morgan fingerprint density at radius 3 is 2.59 bits per heavy atom. The number of ether oxygens (including phenoxy) is 2. The molecule has 1 saturated heterocycles. The van der Waals surface area contributed by atoms with Gasteiger partial charge in [0.25, 0.3) is 0 Å². The standard InChI is InChI=1S/C21H41N3O2.HI/c1-3-22-21(23-14-7-15-26-20-12-16-25-17-13-20)24-18(2)10-11-19-8-5-4-6-9-19;/h18-20H,3-17H2,1-2H3,(H2,22,23,24);1H. The van der Waals surface area contributed by atoms with Crippen molar-refractivity contribution in [3.05, 3.63) is 0 Å². The topological polar surface area (TPSA) is 54.9 Å². The van der Waals surface area contributed by atoms with Crippen LogP contribution in [0.15, 0.2) is 4.99 Å². The second-order valence-electron chi connectivity index (χ2n) is 7.92. The summed E-state index contributed by atoms with van der Waals surface area (Å²) >= 11 is 0. The van der Waals surface area contributed by atoms with E-state index in [0.717, 1.165) is 64.1 Å². The Morgan fingerprint density at radius 1 is 1.15 bits per heavy atom. The fraction of sp³-hybridized carbons (Fsp3) is 0.952. The van der Waals surface area contributed by atoms with Gasteiger partial charge >= 0.3 is 0 Å². The van der Waals surface area contributed by atoms with Crippen LogP contribution in [0.3, 0.4) is 0 Å². The first-order chi connectivity index (χ1) is 12.8. The fourth-order valence-electron chi connectivity index (χ4n) is 3.94. The molecule has 1 unspecified atom stereocenters. The summed E-state index contributed by atoms with van der Waals surface area (Å²) in [5.41, 5.74) is 0. The lowest BCUT2D eigenvalue weighted by Crippen LogP contribution is -2.42. The molecule has 2 aliphatic rings. The monoisotopic (exact) mass is 495 g/mol. The summed E-state index contributed by atoms with van der Waals surface area (Å²) in [5, 5.41) is 6.95. The lowest BCUT2D eigenvalue weighted by Gasteiger charge is -2.24. The molecule has 2 rings (SSSR count). The van der Waals surface area contributed by atoms with Gasteiger partial charge < -0.3 is 20.1 Å². The molecular weight excluding hydrogens is 453 g/mol. The van der Waals surface area contributed by atoms with Crippen molar-refractivity contribution in [1.29, 1.82) is 0 Å². The van der Waals surface area contributed by atoms with Gasteiger partial charge in [-0.3, -0.25) is 4.99 Å². The first kappa shape index (κ1) is 25.0. The van der Waals surface area contributed by atoms with Crippen molar-refractivity contribution < 1.29 is 9.47 Å². The third-order valence-corrected chi connectivity index (χ3v) is 5.55. The minimum absolute atomic E-state index is 0. The molecule has 0 radical (unpaired) electrons. The summed E-state index contributed by atoms with van der Waals surface area (Å²) in [5.74, 6) is 1.91. The maximum Gasteiger partial charge on any atom is 0.191 e. The number of rotatable bonds is 10. The first-order valence-electron chi connectivity index (χ1n) is 11.0. The van der Waals surface area contributed by atoms with Crippen molar-refractivity contribution in [1.82, 2.24) is 10.6 Å². The van der Waals surface area contributed by atoms with Gasteiger partial charge in [0, 0.05) is 39.0 Å². The number of halogens is 1. The Bertz CT molecular complexity index is 384. The van der Waals surface area contributed by atoms with Crippen LogP contribution < -0.4 is 10.6 Å². The lowest BCUT2D eigenvalue weighted by molar-refractivity contribution is -0.0318. The highest BCUT2D eigenvalue weighted by Gasteiger charge is 2.15. The summed E-state index contributed by atoms with van der Waals surface area (Å²) in [4.78, 5) is 4.72. The lowest BCUT2D eigenvalue weighted by atomic mass is 9.85. The zero-order valence-corrected chi connectivity index (χ0v) is 19.8. The van der Waals surface area contributed by atoms with E-state index in [1.165, 1.54) is 44.9 Å². The van der Waals surface area contributed by atoms with Gasteiger partial charge in [0.2, 0.25) is 0 Å². The molecule has 1 aliphatic carbocycles. The van der Waals surface area contributed by atoms with E-state index in [9.17, 15) is 0 Å². The maximum absolute atomic E-state index is 5.92. The van der Waals surface area contributed by atoms with E-state index in [-0.39, 0.29) is 24.0 Å². The average Bonchev–Trinajstić information content (AvgIpc) is 2.68. The Balaban J connectivity index is 0.00000364. The smallest absolute Gasteiger partial charge is 0.191 e. The van der Waals surface area contributed by atoms with Gasteiger partial charge in [-0.1, -0.05) is 32.1 Å². The van der Waals surface area contributed by atoms with Crippen LogP contribution in [0, 0.1) is 5.92 Å². The molecule has 1 atom stereocenters. The van der Waals surface area contributed by atoms with Crippen molar-refractivity contribution in [2.24, 2.45) is 10.9 Å². The molecule has 6 heteroatoms. The molecule has 0 bridgehead atoms. The Labute approximate surface area is 183 Å². The average molecular weight is 495 g/mol. The predicted molar refractivity (Wildman–Crippen MR) is 124 cm³/mol. The van der Waals surface area contributed by atoms with Gasteiger partial charge in [-0.2, -0.15) is 0 Å². The maximum atomic E-state index is 5.92. The highest BCUT2D eigenvalue weighted by atomic mass is 127. The molecule has 27 heavy (non-hydrogen) atoms. The van der Waals surface area contributed by atoms with Gasteiger partial charge in [-0.25, -0.2) is 0 Å². The van der Waals surface area contributed by atoms with Crippen LogP contribution in [-0.2, 0) is 9.47 Å². The van der Waals surface area contributed by atoms with Crippen molar-refractivity contribution in [3.63, 3.8) is 0 Å². The molecule has 160 valence electrons. The molecule has 2 N–H and O–H groups in total. The normalized spacial score (nSPS) is 20.7. The third-order valence-electron chi connectivity index (χ3n) is 5.55. The number of hydrogen-bond donors (Lipinski definition) is 2. The molecule has 0 aromatic rings. The van der Waals surface area contributed by atoms with Gasteiger partial charge in [0.15, 0.2) is 5.96 Å². The van der Waals surface area contributed by atoms with Crippen LogP contribution in [0.5, 0.6) is 0 Å². The Hall–Kier alpha value is -0.0800. The highest BCUT2D eigenvalue weighted by molar-refractivity contribution is 14.0. The van der Waals surface area contributed by atoms with E-state index in [1.54, 1.807) is 0 Å². The van der Waals surface area contributed by atoms with Crippen molar-refractivity contribution in [3.8, 4) is 0 Å². The van der Waals surface area contributed by atoms with Crippen LogP contribution in [0.2, 0.25) is 0 Å². The van der Waals surface area contributed by atoms with Crippen molar-refractivity contribution in [2.75, 3.05) is 32.9 Å². The fourth-order valence-corrected chi connectivity index (χ4v) is 3.94. The van der Waals surface area contributed by atoms with Crippen LogP contribution in [0.4, 0.5) is 0 Å². The summed E-state index contributed by atoms with van der Waals surface area (Å²) in [6.07, 6.45) is 13.2. The third kappa shape index (κ3) is 11.5. The van der Waals surface area contributed by atoms with Crippen molar-refractivity contribution >= 4 is 29.9 Å². The number of nitrogens with zero attached hydrogens (tertiary/aromatic N) is 1. The minimum atomic E-state index is 0. The van der Waals surface area contributed by atoms with E-state index in [1.807, 2.05) is 0 Å². The first-order valence-corrected chi connectivity index (χ1v) is 11.0. The zero-order chi connectivity index (χ0) is 18.5. The second-order valence-corrected chi connectivity index (χ2v) is 7.92. The van der Waals surface area contributed by atoms with Gasteiger partial charge in [0.1, 0.15) is 0 Å². The number of nitrogens with one attached hydrogen (secondary N) is 2. The Kier molecular flexibility index (Phi) is 14.6. The molecule has 5 nitrogen and oxygen atoms in total. The molecule has 1 heterocycles. The minimum Gasteiger partial charge on any atom is -0.381 e. The van der Waals surface area contributed by atoms with E-state index in [2.05, 4.69) is 24.5 Å². The quantitative estimate of drug-likeness (QED) is 0.203. The van der Waals surface area contributed by atoms with E-state index in [0.29, 0.717) is 12.1 Å². The highest BCUT2D eigenvalue weighted by Crippen LogP contribution is 2.27. The summed E-state index contributed by atoms with van der Waals surface area (Å²) in [6.45, 7) is 8.60. The van der Waals surface area contributed by atoms with Crippen LogP contribution >= 0.6 is 24.0 Å². The SMILES string of the molecule is CCNC(=NCCCOC1CCOCC1)NC(C)CCC1CCCCC1.I. The molecule has 1 saturated carbocycles. The largest absolute Gasteiger partial charge is 0.381 e. The molecule has 0 aromatic heterocycles. The predicted octanol–water partition coefficient (Wildman–Crippen LogP) is 4.49. The van der Waals surface area contributed by atoms with Gasteiger partial charge in [-0.05, 0) is 51.9 Å². The molecule has 0 aromatic carbocycles. The van der Waals surface area contributed by atoms with E-state index in [4.69, 9.17) is 14.5 Å². The molecule has 2 fully saturated rings. The van der Waals surface area contributed by atoms with Crippen LogP contribution in [0.1, 0.15) is 78.1 Å². The number of aliphatic imine (C=N–C) groups is 1. The molecule has 0 amide bonds. The number of hydrogen-bond acceptors (Lipinski definition) is 3. The number of guanidine groups is 1. The molecule has 1 aliphatic heterocycles. The Morgan fingerprint density at radius 2 is 1.89 bits per heavy atom. The van der Waals surface area contributed by atoms with E-state index < -0.39 is 0 Å². The molecule has 0 spiro atoms. The zero-order valence-electron chi connectivity index (χ0n) is 17.5. The van der Waals surface area contributed by atoms with Crippen molar-refractivity contribution in [2.45, 2.75) is 90.2 Å². The summed E-state index contributed by atoms with van der Waals surface area (Å²) < 4.78 is 11.3. The second kappa shape index (κ2) is 15.8. The summed E-state index contributed by atoms with van der Waals surface area (Å²) in [7, 11) is 0. The summed E-state index contributed by atoms with van der Waals surface area (Å²) in [6, 6.07) is 0.480.